The Morgan fingerprint density at radius 1 is 1.04 bits per heavy atom. The van der Waals surface area contributed by atoms with Crippen molar-refractivity contribution >= 4 is 22.4 Å². The minimum atomic E-state index is -0.244. The normalized spacial score (nSPS) is 12.2. The van der Waals surface area contributed by atoms with Crippen molar-refractivity contribution < 1.29 is 9.53 Å². The highest BCUT2D eigenvalue weighted by molar-refractivity contribution is 5.95. The highest BCUT2D eigenvalue weighted by Crippen LogP contribution is 2.23. The van der Waals surface area contributed by atoms with E-state index < -0.39 is 0 Å². The molecule has 0 saturated heterocycles. The van der Waals surface area contributed by atoms with Gasteiger partial charge in [0.2, 0.25) is 5.91 Å². The number of aryl methyl sites for hydroxylation is 2. The summed E-state index contributed by atoms with van der Waals surface area (Å²) in [5.41, 5.74) is 4.25. The average molecular weight is 377 g/mol. The second-order valence-electron chi connectivity index (χ2n) is 7.45. The maximum absolute atomic E-state index is 12.7. The van der Waals surface area contributed by atoms with E-state index in [1.54, 1.807) is 7.11 Å². The highest BCUT2D eigenvalue weighted by Gasteiger charge is 2.19. The van der Waals surface area contributed by atoms with Crippen LogP contribution in [0.25, 0.3) is 10.8 Å². The molecule has 1 atom stereocenters. The van der Waals surface area contributed by atoms with Gasteiger partial charge in [-0.05, 0) is 79.5 Å². The molecule has 3 aromatic rings. The van der Waals surface area contributed by atoms with Crippen molar-refractivity contribution in [2.24, 2.45) is 0 Å². The number of nitrogens with one attached hydrogen (secondary N) is 1. The van der Waals surface area contributed by atoms with Crippen LogP contribution in [0.4, 0.5) is 5.69 Å². The first-order valence-corrected chi connectivity index (χ1v) is 9.52. The fourth-order valence-corrected chi connectivity index (χ4v) is 3.23. The number of amides is 1. The van der Waals surface area contributed by atoms with Crippen LogP contribution < -0.4 is 10.1 Å². The topological polar surface area (TPSA) is 41.6 Å². The van der Waals surface area contributed by atoms with Gasteiger partial charge in [-0.25, -0.2) is 0 Å². The number of likely N-dealkylation sites (N-methyl/N-ethyl adjacent to an activating group) is 1. The van der Waals surface area contributed by atoms with Crippen molar-refractivity contribution in [3.63, 3.8) is 0 Å². The Bertz CT molecular complexity index is 997. The molecule has 4 heteroatoms. The molecule has 0 unspecified atom stereocenters. The van der Waals surface area contributed by atoms with Gasteiger partial charge in [0.1, 0.15) is 5.75 Å². The van der Waals surface area contributed by atoms with Crippen molar-refractivity contribution in [3.8, 4) is 5.75 Å². The number of methoxy groups -OCH3 is 1. The van der Waals surface area contributed by atoms with Crippen LogP contribution in [0, 0.1) is 13.8 Å². The molecule has 0 bridgehead atoms. The zero-order chi connectivity index (χ0) is 20.3. The Morgan fingerprint density at radius 3 is 2.50 bits per heavy atom. The fourth-order valence-electron chi connectivity index (χ4n) is 3.23. The molecule has 0 spiro atoms. The lowest BCUT2D eigenvalue weighted by molar-refractivity contribution is -0.120. The molecule has 1 N–H and O–H groups in total. The van der Waals surface area contributed by atoms with E-state index in [1.807, 2.05) is 52.1 Å². The molecule has 3 aromatic carbocycles. The average Bonchev–Trinajstić information content (AvgIpc) is 2.69. The molecular formula is C24H28N2O2. The summed E-state index contributed by atoms with van der Waals surface area (Å²) in [5, 5.41) is 5.38. The van der Waals surface area contributed by atoms with Gasteiger partial charge in [-0.15, -0.1) is 0 Å². The van der Waals surface area contributed by atoms with Crippen LogP contribution in [0.3, 0.4) is 0 Å². The lowest BCUT2D eigenvalue weighted by atomic mass is 10.1. The largest absolute Gasteiger partial charge is 0.497 e. The predicted molar refractivity (Wildman–Crippen MR) is 116 cm³/mol. The summed E-state index contributed by atoms with van der Waals surface area (Å²) in [5.74, 6) is 0.857. The van der Waals surface area contributed by atoms with Crippen molar-refractivity contribution in [1.82, 2.24) is 4.90 Å². The second kappa shape index (κ2) is 8.44. The van der Waals surface area contributed by atoms with Gasteiger partial charge in [0.15, 0.2) is 0 Å². The number of ether oxygens (including phenoxy) is 1. The van der Waals surface area contributed by atoms with Gasteiger partial charge in [-0.3, -0.25) is 9.69 Å². The molecule has 0 radical (unpaired) electrons. The first-order chi connectivity index (χ1) is 13.4. The van der Waals surface area contributed by atoms with Crippen LogP contribution in [-0.4, -0.2) is 31.0 Å². The number of carbonyl (C=O) groups excluding carboxylic acids is 1. The van der Waals surface area contributed by atoms with E-state index in [-0.39, 0.29) is 11.9 Å². The molecule has 28 heavy (non-hydrogen) atoms. The number of fused-ring (bicyclic) bond motifs is 1. The second-order valence-corrected chi connectivity index (χ2v) is 7.45. The number of nitrogens with zero attached hydrogens (tertiary/aromatic N) is 1. The van der Waals surface area contributed by atoms with E-state index in [9.17, 15) is 4.79 Å². The first-order valence-electron chi connectivity index (χ1n) is 9.52. The monoisotopic (exact) mass is 376 g/mol. The summed E-state index contributed by atoms with van der Waals surface area (Å²) >= 11 is 0. The first kappa shape index (κ1) is 19.9. The molecule has 0 fully saturated rings. The van der Waals surface area contributed by atoms with Crippen molar-refractivity contribution in [2.45, 2.75) is 33.4 Å². The van der Waals surface area contributed by atoms with E-state index in [0.29, 0.717) is 6.54 Å². The maximum atomic E-state index is 12.7. The van der Waals surface area contributed by atoms with Crippen LogP contribution in [0.15, 0.2) is 54.6 Å². The van der Waals surface area contributed by atoms with Crippen LogP contribution in [0.1, 0.15) is 23.6 Å². The molecule has 0 aliphatic heterocycles. The molecule has 4 nitrogen and oxygen atoms in total. The molecule has 3 rings (SSSR count). The summed E-state index contributed by atoms with van der Waals surface area (Å²) < 4.78 is 5.29. The van der Waals surface area contributed by atoms with E-state index in [4.69, 9.17) is 4.74 Å². The SMILES string of the molecule is COc1ccc2cc(CN(C)[C@H](C)C(=O)Nc3cc(C)ccc3C)ccc2c1. The Balaban J connectivity index is 1.69. The van der Waals surface area contributed by atoms with Crippen molar-refractivity contribution in [2.75, 3.05) is 19.5 Å². The number of rotatable bonds is 6. The van der Waals surface area contributed by atoms with Crippen LogP contribution in [0.5, 0.6) is 5.75 Å². The Morgan fingerprint density at radius 2 is 1.75 bits per heavy atom. The van der Waals surface area contributed by atoms with Gasteiger partial charge in [-0.1, -0.05) is 30.3 Å². The molecule has 0 heterocycles. The fraction of sp³-hybridized carbons (Fsp3) is 0.292. The summed E-state index contributed by atoms with van der Waals surface area (Å²) in [6.07, 6.45) is 0. The van der Waals surface area contributed by atoms with Crippen LogP contribution >= 0.6 is 0 Å². The van der Waals surface area contributed by atoms with E-state index >= 15 is 0 Å². The third kappa shape index (κ3) is 4.52. The molecule has 0 aliphatic rings. The van der Waals surface area contributed by atoms with Crippen LogP contribution in [-0.2, 0) is 11.3 Å². The number of hydrogen-bond acceptors (Lipinski definition) is 3. The Kier molecular flexibility index (Phi) is 6.00. The summed E-state index contributed by atoms with van der Waals surface area (Å²) in [6, 6.07) is 18.3. The number of hydrogen-bond donors (Lipinski definition) is 1. The third-order valence-electron chi connectivity index (χ3n) is 5.24. The maximum Gasteiger partial charge on any atom is 0.241 e. The summed E-state index contributed by atoms with van der Waals surface area (Å²) in [7, 11) is 3.65. The lowest BCUT2D eigenvalue weighted by Gasteiger charge is -2.24. The molecule has 0 saturated carbocycles. The van der Waals surface area contributed by atoms with Crippen molar-refractivity contribution in [1.29, 1.82) is 0 Å². The zero-order valence-electron chi connectivity index (χ0n) is 17.2. The van der Waals surface area contributed by atoms with Crippen LogP contribution in [0.2, 0.25) is 0 Å². The standard InChI is InChI=1S/C24H28N2O2/c1-16-6-7-17(2)23(12-16)25-24(27)18(3)26(4)15-19-8-9-21-14-22(28-5)11-10-20(21)13-19/h6-14,18H,15H2,1-5H3,(H,25,27)/t18-/m1/s1. The summed E-state index contributed by atoms with van der Waals surface area (Å²) in [6.45, 7) is 6.67. The van der Waals surface area contributed by atoms with Crippen molar-refractivity contribution in [3.05, 3.63) is 71.3 Å². The molecule has 146 valence electrons. The van der Waals surface area contributed by atoms with Gasteiger partial charge >= 0.3 is 0 Å². The van der Waals surface area contributed by atoms with E-state index in [2.05, 4.69) is 40.5 Å². The molecule has 0 aromatic heterocycles. The third-order valence-corrected chi connectivity index (χ3v) is 5.24. The molecule has 0 aliphatic carbocycles. The van der Waals surface area contributed by atoms with Gasteiger partial charge < -0.3 is 10.1 Å². The van der Waals surface area contributed by atoms with Gasteiger partial charge in [0.05, 0.1) is 13.2 Å². The Labute approximate surface area is 167 Å². The van der Waals surface area contributed by atoms with Gasteiger partial charge in [-0.2, -0.15) is 0 Å². The number of benzene rings is 3. The summed E-state index contributed by atoms with van der Waals surface area (Å²) in [4.78, 5) is 14.8. The highest BCUT2D eigenvalue weighted by atomic mass is 16.5. The minimum Gasteiger partial charge on any atom is -0.497 e. The lowest BCUT2D eigenvalue weighted by Crippen LogP contribution is -2.39. The minimum absolute atomic E-state index is 0.00160. The van der Waals surface area contributed by atoms with E-state index in [1.165, 1.54) is 10.9 Å². The Hall–Kier alpha value is -2.85. The quantitative estimate of drug-likeness (QED) is 0.664. The van der Waals surface area contributed by atoms with Gasteiger partial charge in [0.25, 0.3) is 0 Å². The number of anilines is 1. The molecule has 1 amide bonds. The smallest absolute Gasteiger partial charge is 0.241 e. The predicted octanol–water partition coefficient (Wildman–Crippen LogP) is 4.92. The number of carbonyl (C=O) groups is 1. The zero-order valence-corrected chi connectivity index (χ0v) is 17.2. The van der Waals surface area contributed by atoms with Gasteiger partial charge in [0, 0.05) is 12.2 Å². The molecular weight excluding hydrogens is 348 g/mol. The van der Waals surface area contributed by atoms with E-state index in [0.717, 1.165) is 28.0 Å².